The standard InChI is InChI=1S/C17H20FN3O6/c1-9(2)27-8-10-5-11(18)6-12(15(10)21(23)24)16(22)17-19-13(25-3)7-14(20-17)26-4/h5-7,9,16,22H,8H2,1-4H3. The summed E-state index contributed by atoms with van der Waals surface area (Å²) in [6.07, 6.45) is -1.89. The van der Waals surface area contributed by atoms with E-state index in [0.29, 0.717) is 0 Å². The van der Waals surface area contributed by atoms with Crippen LogP contribution in [0.2, 0.25) is 0 Å². The second kappa shape index (κ2) is 8.69. The zero-order valence-corrected chi connectivity index (χ0v) is 15.3. The lowest BCUT2D eigenvalue weighted by Gasteiger charge is -2.15. The summed E-state index contributed by atoms with van der Waals surface area (Å²) in [4.78, 5) is 18.8. The summed E-state index contributed by atoms with van der Waals surface area (Å²) in [5, 5.41) is 22.2. The molecule has 1 aromatic carbocycles. The average molecular weight is 381 g/mol. The van der Waals surface area contributed by atoms with Crippen LogP contribution in [0, 0.1) is 15.9 Å². The molecule has 2 rings (SSSR count). The zero-order valence-electron chi connectivity index (χ0n) is 15.3. The van der Waals surface area contributed by atoms with Crippen molar-refractivity contribution in [3.05, 3.63) is 51.1 Å². The molecule has 0 spiro atoms. The summed E-state index contributed by atoms with van der Waals surface area (Å²) in [6, 6.07) is 3.25. The maximum absolute atomic E-state index is 14.1. The van der Waals surface area contributed by atoms with Crippen LogP contribution in [0.25, 0.3) is 0 Å². The first-order valence-corrected chi connectivity index (χ1v) is 8.00. The summed E-state index contributed by atoms with van der Waals surface area (Å²) in [5.41, 5.74) is -0.759. The van der Waals surface area contributed by atoms with E-state index in [4.69, 9.17) is 14.2 Å². The molecule has 146 valence electrons. The van der Waals surface area contributed by atoms with Gasteiger partial charge in [-0.25, -0.2) is 4.39 Å². The van der Waals surface area contributed by atoms with Gasteiger partial charge in [0.05, 0.1) is 49.0 Å². The number of hydrogen-bond donors (Lipinski definition) is 1. The van der Waals surface area contributed by atoms with E-state index in [9.17, 15) is 19.6 Å². The predicted molar refractivity (Wildman–Crippen MR) is 92.2 cm³/mol. The van der Waals surface area contributed by atoms with Gasteiger partial charge in [0.2, 0.25) is 11.8 Å². The molecule has 1 unspecified atom stereocenters. The van der Waals surface area contributed by atoms with Gasteiger partial charge in [-0.1, -0.05) is 0 Å². The smallest absolute Gasteiger partial charge is 0.281 e. The third-order valence-corrected chi connectivity index (χ3v) is 3.59. The first-order valence-electron chi connectivity index (χ1n) is 8.00. The first-order chi connectivity index (χ1) is 12.8. The van der Waals surface area contributed by atoms with Crippen molar-refractivity contribution in [3.8, 4) is 11.8 Å². The lowest BCUT2D eigenvalue weighted by atomic mass is 10.0. The molecule has 0 aliphatic rings. The molecule has 9 nitrogen and oxygen atoms in total. The van der Waals surface area contributed by atoms with E-state index in [1.807, 2.05) is 0 Å². The van der Waals surface area contributed by atoms with E-state index in [1.54, 1.807) is 13.8 Å². The lowest BCUT2D eigenvalue weighted by molar-refractivity contribution is -0.387. The Morgan fingerprint density at radius 1 is 1.19 bits per heavy atom. The van der Waals surface area contributed by atoms with Crippen LogP contribution >= 0.6 is 0 Å². The largest absolute Gasteiger partial charge is 0.481 e. The molecule has 0 aliphatic carbocycles. The van der Waals surface area contributed by atoms with Crippen LogP contribution in [0.3, 0.4) is 0 Å². The molecule has 0 amide bonds. The van der Waals surface area contributed by atoms with Gasteiger partial charge in [0.1, 0.15) is 11.9 Å². The molecule has 10 heteroatoms. The molecule has 1 N–H and O–H groups in total. The monoisotopic (exact) mass is 381 g/mol. The van der Waals surface area contributed by atoms with Crippen LogP contribution in [-0.4, -0.2) is 40.3 Å². The SMILES string of the molecule is COc1cc(OC)nc(C(O)c2cc(F)cc(COC(C)C)c2[N+](=O)[O-])n1. The van der Waals surface area contributed by atoms with Crippen LogP contribution in [-0.2, 0) is 11.3 Å². The van der Waals surface area contributed by atoms with Crippen LogP contribution in [0.5, 0.6) is 11.8 Å². The molecule has 0 fully saturated rings. The molecule has 0 radical (unpaired) electrons. The maximum atomic E-state index is 14.1. The Balaban J connectivity index is 2.58. The number of nitro benzene ring substituents is 1. The number of aliphatic hydroxyl groups excluding tert-OH is 1. The van der Waals surface area contributed by atoms with Gasteiger partial charge >= 0.3 is 0 Å². The summed E-state index contributed by atoms with van der Waals surface area (Å²) in [6.45, 7) is 3.31. The maximum Gasteiger partial charge on any atom is 0.281 e. The van der Waals surface area contributed by atoms with E-state index >= 15 is 0 Å². The summed E-state index contributed by atoms with van der Waals surface area (Å²) >= 11 is 0. The number of ether oxygens (including phenoxy) is 3. The second-order valence-corrected chi connectivity index (χ2v) is 5.83. The number of halogens is 1. The molecule has 1 heterocycles. The van der Waals surface area contributed by atoms with Crippen molar-refractivity contribution in [1.29, 1.82) is 0 Å². The molecule has 27 heavy (non-hydrogen) atoms. The van der Waals surface area contributed by atoms with Crippen LogP contribution in [0.15, 0.2) is 18.2 Å². The zero-order chi connectivity index (χ0) is 20.1. The van der Waals surface area contributed by atoms with Crippen molar-refractivity contribution in [1.82, 2.24) is 9.97 Å². The number of nitro groups is 1. The number of aliphatic hydroxyl groups is 1. The van der Waals surface area contributed by atoms with Crippen molar-refractivity contribution in [2.75, 3.05) is 14.2 Å². The van der Waals surface area contributed by atoms with Crippen molar-refractivity contribution in [2.45, 2.75) is 32.7 Å². The van der Waals surface area contributed by atoms with Gasteiger partial charge < -0.3 is 19.3 Å². The van der Waals surface area contributed by atoms with Crippen LogP contribution < -0.4 is 9.47 Å². The third-order valence-electron chi connectivity index (χ3n) is 3.59. The van der Waals surface area contributed by atoms with Gasteiger partial charge in [0.15, 0.2) is 5.82 Å². The van der Waals surface area contributed by atoms with E-state index in [1.165, 1.54) is 20.3 Å². The van der Waals surface area contributed by atoms with Crippen LogP contribution in [0.4, 0.5) is 10.1 Å². The number of benzene rings is 1. The molecule has 1 aromatic heterocycles. The number of aromatic nitrogens is 2. The fraction of sp³-hybridized carbons (Fsp3) is 0.412. The predicted octanol–water partition coefficient (Wildman–Crippen LogP) is 2.55. The fourth-order valence-corrected chi connectivity index (χ4v) is 2.37. The minimum absolute atomic E-state index is 0.00221. The van der Waals surface area contributed by atoms with Gasteiger partial charge in [0, 0.05) is 0 Å². The van der Waals surface area contributed by atoms with Crippen molar-refractivity contribution < 1.29 is 28.6 Å². The first kappa shape index (κ1) is 20.5. The quantitative estimate of drug-likeness (QED) is 0.548. The molecule has 2 aromatic rings. The molecule has 1 atom stereocenters. The van der Waals surface area contributed by atoms with Gasteiger partial charge in [0.25, 0.3) is 5.69 Å². The normalized spacial score (nSPS) is 12.1. The molecule has 0 bridgehead atoms. The highest BCUT2D eigenvalue weighted by Crippen LogP contribution is 2.34. The Morgan fingerprint density at radius 3 is 2.26 bits per heavy atom. The van der Waals surface area contributed by atoms with E-state index in [-0.39, 0.29) is 41.4 Å². The Bertz CT molecular complexity index is 808. The topological polar surface area (TPSA) is 117 Å². The molecular formula is C17H20FN3O6. The van der Waals surface area contributed by atoms with Gasteiger partial charge in [-0.15, -0.1) is 0 Å². The highest BCUT2D eigenvalue weighted by Gasteiger charge is 2.29. The fourth-order valence-electron chi connectivity index (χ4n) is 2.37. The molecule has 0 saturated heterocycles. The minimum Gasteiger partial charge on any atom is -0.481 e. The summed E-state index contributed by atoms with van der Waals surface area (Å²) in [7, 11) is 2.70. The molecule has 0 saturated carbocycles. The van der Waals surface area contributed by atoms with Gasteiger partial charge in [-0.2, -0.15) is 9.97 Å². The number of nitrogens with zero attached hydrogens (tertiary/aromatic N) is 3. The minimum atomic E-state index is -1.68. The van der Waals surface area contributed by atoms with Crippen LogP contribution in [0.1, 0.15) is 36.9 Å². The highest BCUT2D eigenvalue weighted by molar-refractivity contribution is 5.50. The molecular weight excluding hydrogens is 361 g/mol. The Hall–Kier alpha value is -2.85. The number of rotatable bonds is 8. The Morgan fingerprint density at radius 2 is 1.78 bits per heavy atom. The summed E-state index contributed by atoms with van der Waals surface area (Å²) in [5.74, 6) is -0.820. The summed E-state index contributed by atoms with van der Waals surface area (Å²) < 4.78 is 29.5. The van der Waals surface area contributed by atoms with E-state index in [2.05, 4.69) is 9.97 Å². The average Bonchev–Trinajstić information content (AvgIpc) is 2.64. The van der Waals surface area contributed by atoms with Gasteiger partial charge in [-0.3, -0.25) is 10.1 Å². The third kappa shape index (κ3) is 4.86. The number of hydrogen-bond acceptors (Lipinski definition) is 8. The van der Waals surface area contributed by atoms with Crippen molar-refractivity contribution in [2.24, 2.45) is 0 Å². The second-order valence-electron chi connectivity index (χ2n) is 5.83. The van der Waals surface area contributed by atoms with Gasteiger partial charge in [-0.05, 0) is 26.0 Å². The lowest BCUT2D eigenvalue weighted by Crippen LogP contribution is -2.12. The highest BCUT2D eigenvalue weighted by atomic mass is 19.1. The Labute approximate surface area is 154 Å². The van der Waals surface area contributed by atoms with E-state index < -0.39 is 22.5 Å². The van der Waals surface area contributed by atoms with Crippen molar-refractivity contribution in [3.63, 3.8) is 0 Å². The Kier molecular flexibility index (Phi) is 6.59. The molecule has 0 aliphatic heterocycles. The number of methoxy groups -OCH3 is 2. The van der Waals surface area contributed by atoms with Crippen molar-refractivity contribution >= 4 is 5.69 Å². The van der Waals surface area contributed by atoms with E-state index in [0.717, 1.165) is 12.1 Å².